The number of unbranched alkanes of at least 4 members (excludes halogenated alkanes) is 1. The molecule has 11 heteroatoms. The van der Waals surface area contributed by atoms with E-state index in [2.05, 4.69) is 18.3 Å². The minimum atomic E-state index is -1.82. The number of amides is 3. The molecule has 3 amide bonds. The van der Waals surface area contributed by atoms with Crippen molar-refractivity contribution in [2.45, 2.75) is 38.6 Å². The number of likely N-dealkylation sites (tertiary alicyclic amines) is 1. The van der Waals surface area contributed by atoms with Gasteiger partial charge < -0.3 is 30.2 Å². The van der Waals surface area contributed by atoms with Gasteiger partial charge in [0, 0.05) is 39.3 Å². The van der Waals surface area contributed by atoms with Gasteiger partial charge in [0.1, 0.15) is 6.04 Å². The van der Waals surface area contributed by atoms with Gasteiger partial charge in [-0.1, -0.05) is 13.3 Å². The molecule has 0 aromatic carbocycles. The van der Waals surface area contributed by atoms with E-state index < -0.39 is 11.9 Å². The molecule has 0 bridgehead atoms. The van der Waals surface area contributed by atoms with Crippen LogP contribution in [0.5, 0.6) is 0 Å². The van der Waals surface area contributed by atoms with Crippen LogP contribution >= 0.6 is 0 Å². The molecule has 29 heavy (non-hydrogen) atoms. The number of carboxylic acids is 2. The minimum Gasteiger partial charge on any atom is -0.473 e. The molecule has 2 saturated heterocycles. The topological polar surface area (TPSA) is 154 Å². The summed E-state index contributed by atoms with van der Waals surface area (Å²) < 4.78 is 0. The molecule has 11 nitrogen and oxygen atoms in total. The van der Waals surface area contributed by atoms with Crippen molar-refractivity contribution in [2.24, 2.45) is 0 Å². The Morgan fingerprint density at radius 3 is 2.31 bits per heavy atom. The first kappa shape index (κ1) is 24.2. The van der Waals surface area contributed by atoms with Crippen LogP contribution in [0.25, 0.3) is 0 Å². The lowest BCUT2D eigenvalue weighted by Gasteiger charge is -2.21. The number of urea groups is 1. The number of carboxylic acid groups (broad SMARTS) is 2. The predicted molar refractivity (Wildman–Crippen MR) is 102 cm³/mol. The highest BCUT2D eigenvalue weighted by atomic mass is 16.4. The second-order valence-electron chi connectivity index (χ2n) is 6.77. The Hall–Kier alpha value is -2.87. The van der Waals surface area contributed by atoms with Crippen LogP contribution in [0.2, 0.25) is 0 Å². The standard InChI is InChI=1S/C16H27N5O2.C2H2O4/c1-2-3-7-19-10-11-20(16(19)23)9-6-18-13-15(22)21-8-4-5-14(21)12-17;3-1(4)2(5)6/h14,18H,2-11,13H2,1H3;(H,3,4)(H,5,6)/t14-;/m1./s1. The molecule has 0 aromatic heterocycles. The zero-order valence-corrected chi connectivity index (χ0v) is 16.7. The fraction of sp³-hybridized carbons (Fsp3) is 0.722. The van der Waals surface area contributed by atoms with Crippen LogP contribution in [0.4, 0.5) is 4.79 Å². The van der Waals surface area contributed by atoms with E-state index in [0.717, 1.165) is 45.3 Å². The van der Waals surface area contributed by atoms with Crippen molar-refractivity contribution in [3.63, 3.8) is 0 Å². The quantitative estimate of drug-likeness (QED) is 0.366. The molecule has 3 N–H and O–H groups in total. The summed E-state index contributed by atoms with van der Waals surface area (Å²) in [6.45, 7) is 6.66. The Balaban J connectivity index is 0.000000612. The number of nitrogens with zero attached hydrogens (tertiary/aromatic N) is 4. The lowest BCUT2D eigenvalue weighted by Crippen LogP contribution is -2.43. The van der Waals surface area contributed by atoms with Crippen LogP contribution in [0.1, 0.15) is 32.6 Å². The molecule has 2 aliphatic heterocycles. The highest BCUT2D eigenvalue weighted by Crippen LogP contribution is 2.16. The number of carbonyl (C=O) groups excluding carboxylic acids is 2. The van der Waals surface area contributed by atoms with E-state index in [4.69, 9.17) is 25.1 Å². The Morgan fingerprint density at radius 2 is 1.76 bits per heavy atom. The van der Waals surface area contributed by atoms with E-state index in [1.54, 1.807) is 4.90 Å². The maximum Gasteiger partial charge on any atom is 0.414 e. The van der Waals surface area contributed by atoms with Crippen LogP contribution in [-0.2, 0) is 14.4 Å². The van der Waals surface area contributed by atoms with Crippen LogP contribution in [0.15, 0.2) is 0 Å². The largest absolute Gasteiger partial charge is 0.473 e. The van der Waals surface area contributed by atoms with Crippen molar-refractivity contribution in [3.8, 4) is 6.07 Å². The predicted octanol–water partition coefficient (Wildman–Crippen LogP) is -0.216. The van der Waals surface area contributed by atoms with Crippen molar-refractivity contribution in [2.75, 3.05) is 45.8 Å². The third kappa shape index (κ3) is 7.95. The van der Waals surface area contributed by atoms with Gasteiger partial charge in [0.25, 0.3) is 0 Å². The lowest BCUT2D eigenvalue weighted by atomic mass is 10.2. The summed E-state index contributed by atoms with van der Waals surface area (Å²) in [5.41, 5.74) is 0. The fourth-order valence-corrected chi connectivity index (χ4v) is 3.11. The van der Waals surface area contributed by atoms with Crippen LogP contribution in [0, 0.1) is 11.3 Å². The maximum absolute atomic E-state index is 12.1. The fourth-order valence-electron chi connectivity index (χ4n) is 3.11. The molecule has 0 radical (unpaired) electrons. The van der Waals surface area contributed by atoms with Gasteiger partial charge in [0.15, 0.2) is 0 Å². The first-order valence-electron chi connectivity index (χ1n) is 9.71. The number of carbonyl (C=O) groups is 4. The zero-order chi connectivity index (χ0) is 21.8. The highest BCUT2D eigenvalue weighted by molar-refractivity contribution is 6.27. The molecule has 1 atom stereocenters. The number of hydrogen-bond acceptors (Lipinski definition) is 6. The number of nitrogens with one attached hydrogen (secondary N) is 1. The molecule has 162 valence electrons. The average Bonchev–Trinajstić information content (AvgIpc) is 3.30. The van der Waals surface area contributed by atoms with Gasteiger partial charge >= 0.3 is 18.0 Å². The Bertz CT molecular complexity index is 623. The first-order valence-corrected chi connectivity index (χ1v) is 9.71. The Kier molecular flexibility index (Phi) is 10.5. The van der Waals surface area contributed by atoms with Crippen LogP contribution in [0.3, 0.4) is 0 Å². The zero-order valence-electron chi connectivity index (χ0n) is 16.7. The summed E-state index contributed by atoms with van der Waals surface area (Å²) in [6, 6.07) is 2.02. The summed E-state index contributed by atoms with van der Waals surface area (Å²) in [7, 11) is 0. The monoisotopic (exact) mass is 411 g/mol. The molecule has 2 fully saturated rings. The maximum atomic E-state index is 12.1. The van der Waals surface area contributed by atoms with Gasteiger partial charge in [0.2, 0.25) is 5.91 Å². The first-order chi connectivity index (χ1) is 13.8. The molecular weight excluding hydrogens is 382 g/mol. The van der Waals surface area contributed by atoms with Gasteiger partial charge in [0.05, 0.1) is 12.6 Å². The molecular formula is C18H29N5O6. The van der Waals surface area contributed by atoms with Crippen molar-refractivity contribution in [3.05, 3.63) is 0 Å². The second kappa shape index (κ2) is 12.6. The summed E-state index contributed by atoms with van der Waals surface area (Å²) in [6.07, 6.45) is 3.81. The molecule has 0 saturated carbocycles. The summed E-state index contributed by atoms with van der Waals surface area (Å²) >= 11 is 0. The summed E-state index contributed by atoms with van der Waals surface area (Å²) in [5.74, 6) is -3.67. The average molecular weight is 411 g/mol. The summed E-state index contributed by atoms with van der Waals surface area (Å²) in [5, 5.41) is 26.9. The SMILES string of the molecule is CCCCN1CCN(CCNCC(=O)N2CCC[C@@H]2C#N)C1=O.O=C(O)C(=O)O. The van der Waals surface area contributed by atoms with E-state index in [1.165, 1.54) is 0 Å². The Morgan fingerprint density at radius 1 is 1.14 bits per heavy atom. The van der Waals surface area contributed by atoms with Gasteiger partial charge in [-0.05, 0) is 19.3 Å². The van der Waals surface area contributed by atoms with E-state index >= 15 is 0 Å². The normalized spacial score (nSPS) is 18.3. The van der Waals surface area contributed by atoms with Crippen LogP contribution < -0.4 is 5.32 Å². The molecule has 0 spiro atoms. The van der Waals surface area contributed by atoms with E-state index in [0.29, 0.717) is 19.6 Å². The number of nitriles is 1. The smallest absolute Gasteiger partial charge is 0.414 e. The molecule has 0 aliphatic carbocycles. The molecule has 2 aliphatic rings. The highest BCUT2D eigenvalue weighted by Gasteiger charge is 2.29. The third-order valence-corrected chi connectivity index (χ3v) is 4.70. The van der Waals surface area contributed by atoms with Crippen molar-refractivity contribution >= 4 is 23.9 Å². The van der Waals surface area contributed by atoms with E-state index in [1.807, 2.05) is 9.80 Å². The van der Waals surface area contributed by atoms with Gasteiger partial charge in [-0.15, -0.1) is 0 Å². The molecule has 0 unspecified atom stereocenters. The lowest BCUT2D eigenvalue weighted by molar-refractivity contribution is -0.159. The second-order valence-corrected chi connectivity index (χ2v) is 6.77. The van der Waals surface area contributed by atoms with E-state index in [-0.39, 0.29) is 24.5 Å². The van der Waals surface area contributed by atoms with Crippen molar-refractivity contribution < 1.29 is 29.4 Å². The van der Waals surface area contributed by atoms with Gasteiger partial charge in [-0.25, -0.2) is 14.4 Å². The van der Waals surface area contributed by atoms with Crippen molar-refractivity contribution in [1.82, 2.24) is 20.0 Å². The number of aliphatic carboxylic acids is 2. The number of rotatable bonds is 8. The minimum absolute atomic E-state index is 0.0219. The molecule has 0 aromatic rings. The Labute approximate surface area is 169 Å². The van der Waals surface area contributed by atoms with Crippen molar-refractivity contribution in [1.29, 1.82) is 5.26 Å². The van der Waals surface area contributed by atoms with E-state index in [9.17, 15) is 9.59 Å². The third-order valence-electron chi connectivity index (χ3n) is 4.70. The summed E-state index contributed by atoms with van der Waals surface area (Å²) in [4.78, 5) is 47.8. The van der Waals surface area contributed by atoms with Gasteiger partial charge in [-0.2, -0.15) is 5.26 Å². The molecule has 2 heterocycles. The van der Waals surface area contributed by atoms with Crippen LogP contribution in [-0.4, -0.2) is 101 Å². The number of hydrogen-bond donors (Lipinski definition) is 3. The van der Waals surface area contributed by atoms with Gasteiger partial charge in [-0.3, -0.25) is 4.79 Å². The molecule has 2 rings (SSSR count).